The Balaban J connectivity index is 2.03. The standard InChI is InChI=1S/C22H24N2O4S/c1-16-13-19(24(2)20(16)21(25)17-9-5-3-6-10-17)14-22(26,15-29(23,27)28)18-11-7-4-8-12-18/h3-13,26H,14-15H2,1-2H3,(H2,23,27,28). The maximum absolute atomic E-state index is 13.0. The maximum atomic E-state index is 13.0. The molecule has 0 aliphatic rings. The smallest absolute Gasteiger partial charge is 0.212 e. The number of carbonyl (C=O) groups is 1. The fraction of sp³-hybridized carbons (Fsp3) is 0.227. The monoisotopic (exact) mass is 412 g/mol. The van der Waals surface area contributed by atoms with E-state index in [4.69, 9.17) is 5.14 Å². The number of carbonyl (C=O) groups excluding carboxylic acids is 1. The molecule has 0 saturated heterocycles. The molecule has 0 saturated carbocycles. The lowest BCUT2D eigenvalue weighted by Gasteiger charge is -2.28. The van der Waals surface area contributed by atoms with Gasteiger partial charge in [-0.15, -0.1) is 0 Å². The van der Waals surface area contributed by atoms with E-state index in [1.54, 1.807) is 72.3 Å². The average molecular weight is 413 g/mol. The van der Waals surface area contributed by atoms with Crippen molar-refractivity contribution < 1.29 is 18.3 Å². The second kappa shape index (κ2) is 7.94. The van der Waals surface area contributed by atoms with Gasteiger partial charge in [-0.2, -0.15) is 0 Å². The van der Waals surface area contributed by atoms with Gasteiger partial charge in [0.05, 0.1) is 11.4 Å². The van der Waals surface area contributed by atoms with Gasteiger partial charge in [-0.1, -0.05) is 60.7 Å². The first-order chi connectivity index (χ1) is 13.6. The van der Waals surface area contributed by atoms with Crippen LogP contribution < -0.4 is 5.14 Å². The molecule has 6 nitrogen and oxygen atoms in total. The Kier molecular flexibility index (Phi) is 5.75. The van der Waals surface area contributed by atoms with Crippen LogP contribution in [0.3, 0.4) is 0 Å². The molecule has 3 N–H and O–H groups in total. The molecule has 0 aliphatic heterocycles. The molecule has 7 heteroatoms. The number of rotatable bonds is 7. The number of hydrogen-bond donors (Lipinski definition) is 2. The van der Waals surface area contributed by atoms with Crippen molar-refractivity contribution in [1.29, 1.82) is 0 Å². The molecule has 1 unspecified atom stereocenters. The van der Waals surface area contributed by atoms with Crippen molar-refractivity contribution in [1.82, 2.24) is 4.57 Å². The first kappa shape index (κ1) is 21.0. The summed E-state index contributed by atoms with van der Waals surface area (Å²) in [5.74, 6) is -0.762. The van der Waals surface area contributed by atoms with E-state index < -0.39 is 21.4 Å². The molecule has 0 amide bonds. The highest BCUT2D eigenvalue weighted by molar-refractivity contribution is 7.89. The van der Waals surface area contributed by atoms with Gasteiger partial charge in [-0.3, -0.25) is 4.79 Å². The number of aliphatic hydroxyl groups is 1. The van der Waals surface area contributed by atoms with Crippen LogP contribution in [0, 0.1) is 6.92 Å². The highest BCUT2D eigenvalue weighted by Gasteiger charge is 2.35. The molecule has 3 aromatic rings. The number of aromatic nitrogens is 1. The van der Waals surface area contributed by atoms with Gasteiger partial charge in [-0.25, -0.2) is 13.6 Å². The summed E-state index contributed by atoms with van der Waals surface area (Å²) in [7, 11) is -2.21. The third-order valence-corrected chi connectivity index (χ3v) is 5.88. The van der Waals surface area contributed by atoms with E-state index in [9.17, 15) is 18.3 Å². The predicted molar refractivity (Wildman–Crippen MR) is 112 cm³/mol. The number of sulfonamides is 1. The van der Waals surface area contributed by atoms with E-state index in [2.05, 4.69) is 0 Å². The van der Waals surface area contributed by atoms with Gasteiger partial charge in [0, 0.05) is 24.7 Å². The molecule has 0 bridgehead atoms. The molecule has 2 aromatic carbocycles. The van der Waals surface area contributed by atoms with Crippen LogP contribution in [0.2, 0.25) is 0 Å². The van der Waals surface area contributed by atoms with Crippen molar-refractivity contribution in [2.75, 3.05) is 5.75 Å². The highest BCUT2D eigenvalue weighted by atomic mass is 32.2. The number of ketones is 1. The SMILES string of the molecule is Cc1cc(CC(O)(CS(N)(=O)=O)c2ccccc2)n(C)c1C(=O)c1ccccc1. The fourth-order valence-corrected chi connectivity index (χ4v) is 4.60. The van der Waals surface area contributed by atoms with Crippen molar-refractivity contribution in [2.24, 2.45) is 12.2 Å². The van der Waals surface area contributed by atoms with Crippen molar-refractivity contribution in [2.45, 2.75) is 18.9 Å². The molecular weight excluding hydrogens is 388 g/mol. The van der Waals surface area contributed by atoms with Crippen LogP contribution >= 0.6 is 0 Å². The lowest BCUT2D eigenvalue weighted by molar-refractivity contribution is 0.0592. The van der Waals surface area contributed by atoms with E-state index in [0.717, 1.165) is 5.56 Å². The summed E-state index contributed by atoms with van der Waals surface area (Å²) in [4.78, 5) is 13.0. The molecule has 0 spiro atoms. The average Bonchev–Trinajstić information content (AvgIpc) is 2.94. The summed E-state index contributed by atoms with van der Waals surface area (Å²) in [6, 6.07) is 19.3. The van der Waals surface area contributed by atoms with Crippen LogP contribution in [-0.4, -0.2) is 29.6 Å². The first-order valence-electron chi connectivity index (χ1n) is 9.14. The minimum atomic E-state index is -3.95. The zero-order chi connectivity index (χ0) is 21.2. The second-order valence-corrected chi connectivity index (χ2v) is 8.92. The summed E-state index contributed by atoms with van der Waals surface area (Å²) in [6.45, 7) is 1.82. The van der Waals surface area contributed by atoms with Crippen LogP contribution in [0.4, 0.5) is 0 Å². The third kappa shape index (κ3) is 4.64. The Morgan fingerprint density at radius 3 is 2.17 bits per heavy atom. The molecule has 152 valence electrons. The van der Waals surface area contributed by atoms with Crippen molar-refractivity contribution >= 4 is 15.8 Å². The van der Waals surface area contributed by atoms with Gasteiger partial charge in [0.25, 0.3) is 0 Å². The van der Waals surface area contributed by atoms with Gasteiger partial charge in [0.15, 0.2) is 0 Å². The molecule has 1 heterocycles. The van der Waals surface area contributed by atoms with Crippen LogP contribution in [0.1, 0.15) is 32.9 Å². The molecule has 0 aliphatic carbocycles. The summed E-state index contributed by atoms with van der Waals surface area (Å²) in [6.07, 6.45) is -0.00709. The zero-order valence-corrected chi connectivity index (χ0v) is 17.2. The van der Waals surface area contributed by atoms with Crippen molar-refractivity contribution in [3.05, 3.63) is 94.8 Å². The van der Waals surface area contributed by atoms with Gasteiger partial charge in [0.1, 0.15) is 5.60 Å². The quantitative estimate of drug-likeness (QED) is 0.581. The first-order valence-corrected chi connectivity index (χ1v) is 10.9. The van der Waals surface area contributed by atoms with Crippen molar-refractivity contribution in [3.8, 4) is 0 Å². The van der Waals surface area contributed by atoms with Crippen LogP contribution in [0.15, 0.2) is 66.7 Å². The van der Waals surface area contributed by atoms with E-state index in [1.165, 1.54) is 0 Å². The fourth-order valence-electron chi connectivity index (χ4n) is 3.67. The van der Waals surface area contributed by atoms with Gasteiger partial charge in [0.2, 0.25) is 15.8 Å². The van der Waals surface area contributed by atoms with E-state index in [0.29, 0.717) is 22.5 Å². The van der Waals surface area contributed by atoms with Gasteiger partial charge >= 0.3 is 0 Å². The number of aryl methyl sites for hydroxylation is 1. The molecule has 1 atom stereocenters. The highest BCUT2D eigenvalue weighted by Crippen LogP contribution is 2.29. The Bertz CT molecular complexity index is 1120. The zero-order valence-electron chi connectivity index (χ0n) is 16.4. The Hall–Kier alpha value is -2.74. The Morgan fingerprint density at radius 2 is 1.62 bits per heavy atom. The molecular formula is C22H24N2O4S. The largest absolute Gasteiger partial charge is 0.384 e. The number of benzene rings is 2. The molecule has 3 rings (SSSR count). The molecule has 0 fully saturated rings. The maximum Gasteiger partial charge on any atom is 0.212 e. The number of primary sulfonamides is 1. The van der Waals surface area contributed by atoms with E-state index in [1.807, 2.05) is 13.0 Å². The van der Waals surface area contributed by atoms with E-state index >= 15 is 0 Å². The van der Waals surface area contributed by atoms with Crippen LogP contribution in [-0.2, 0) is 29.1 Å². The van der Waals surface area contributed by atoms with Crippen molar-refractivity contribution in [3.63, 3.8) is 0 Å². The summed E-state index contributed by atoms with van der Waals surface area (Å²) in [5.41, 5.74) is 1.17. The van der Waals surface area contributed by atoms with E-state index in [-0.39, 0.29) is 12.2 Å². The third-order valence-electron chi connectivity index (χ3n) is 5.00. The topological polar surface area (TPSA) is 102 Å². The number of hydrogen-bond acceptors (Lipinski definition) is 4. The summed E-state index contributed by atoms with van der Waals surface area (Å²) >= 11 is 0. The number of nitrogens with two attached hydrogens (primary N) is 1. The lowest BCUT2D eigenvalue weighted by atomic mass is 9.91. The van der Waals surface area contributed by atoms with Crippen LogP contribution in [0.25, 0.3) is 0 Å². The summed E-state index contributed by atoms with van der Waals surface area (Å²) in [5, 5.41) is 16.6. The van der Waals surface area contributed by atoms with Crippen LogP contribution in [0.5, 0.6) is 0 Å². The lowest BCUT2D eigenvalue weighted by Crippen LogP contribution is -2.39. The number of nitrogens with zero attached hydrogens (tertiary/aromatic N) is 1. The minimum absolute atomic E-state index is 0.00709. The second-order valence-electron chi connectivity index (χ2n) is 7.30. The molecule has 29 heavy (non-hydrogen) atoms. The normalized spacial score (nSPS) is 13.8. The minimum Gasteiger partial charge on any atom is -0.384 e. The Morgan fingerprint density at radius 1 is 1.07 bits per heavy atom. The van der Waals surface area contributed by atoms with Gasteiger partial charge in [-0.05, 0) is 24.1 Å². The molecule has 0 radical (unpaired) electrons. The summed E-state index contributed by atoms with van der Waals surface area (Å²) < 4.78 is 25.3. The Labute approximate surface area is 170 Å². The predicted octanol–water partition coefficient (Wildman–Crippen LogP) is 2.28. The van der Waals surface area contributed by atoms with Gasteiger partial charge < -0.3 is 9.67 Å². The molecule has 1 aromatic heterocycles.